The highest BCUT2D eigenvalue weighted by atomic mass is 19.3. The lowest BCUT2D eigenvalue weighted by molar-refractivity contribution is 0.145. The van der Waals surface area contributed by atoms with Crippen molar-refractivity contribution in [3.05, 3.63) is 35.4 Å². The van der Waals surface area contributed by atoms with E-state index >= 15 is 0 Å². The molecule has 0 aromatic carbocycles. The normalized spacial score (nSPS) is 15.1. The maximum absolute atomic E-state index is 14.4. The molecule has 1 saturated heterocycles. The zero-order valence-corrected chi connectivity index (χ0v) is 14.1. The average molecular weight is 352 g/mol. The molecular formula is C16H19F3N6. The number of aryl methyl sites for hydroxylation is 2. The summed E-state index contributed by atoms with van der Waals surface area (Å²) in [5.41, 5.74) is 0.111. The van der Waals surface area contributed by atoms with Gasteiger partial charge >= 0.3 is 0 Å². The van der Waals surface area contributed by atoms with E-state index in [0.717, 1.165) is 0 Å². The van der Waals surface area contributed by atoms with Crippen LogP contribution < -0.4 is 9.80 Å². The first-order chi connectivity index (χ1) is 12.0. The zero-order chi connectivity index (χ0) is 18.0. The van der Waals surface area contributed by atoms with Crippen molar-refractivity contribution in [3.8, 4) is 0 Å². The van der Waals surface area contributed by atoms with Gasteiger partial charge in [-0.25, -0.2) is 33.1 Å². The van der Waals surface area contributed by atoms with Crippen LogP contribution in [-0.4, -0.2) is 46.1 Å². The van der Waals surface area contributed by atoms with Crippen LogP contribution in [0.1, 0.15) is 30.6 Å². The van der Waals surface area contributed by atoms with Gasteiger partial charge in [0.25, 0.3) is 6.43 Å². The lowest BCUT2D eigenvalue weighted by Gasteiger charge is -2.36. The second-order valence-corrected chi connectivity index (χ2v) is 5.78. The Hall–Kier alpha value is -2.45. The molecule has 0 aliphatic carbocycles. The average Bonchev–Trinajstić information content (AvgIpc) is 2.61. The number of piperazine rings is 1. The minimum absolute atomic E-state index is 0.278. The molecule has 0 bridgehead atoms. The molecule has 0 saturated carbocycles. The summed E-state index contributed by atoms with van der Waals surface area (Å²) in [5, 5.41) is 0. The number of alkyl halides is 2. The Kier molecular flexibility index (Phi) is 5.00. The molecule has 1 aliphatic rings. The van der Waals surface area contributed by atoms with Gasteiger partial charge in [-0.1, -0.05) is 6.92 Å². The molecule has 3 rings (SSSR count). The summed E-state index contributed by atoms with van der Waals surface area (Å²) >= 11 is 0. The van der Waals surface area contributed by atoms with Gasteiger partial charge in [0.05, 0.1) is 5.69 Å². The first-order valence-corrected chi connectivity index (χ1v) is 8.12. The van der Waals surface area contributed by atoms with Crippen LogP contribution in [0.2, 0.25) is 0 Å². The molecule has 9 heteroatoms. The molecule has 2 aromatic heterocycles. The Balaban J connectivity index is 1.74. The molecule has 134 valence electrons. The van der Waals surface area contributed by atoms with Crippen molar-refractivity contribution in [1.82, 2.24) is 19.9 Å². The lowest BCUT2D eigenvalue weighted by atomic mass is 10.2. The fraction of sp³-hybridized carbons (Fsp3) is 0.500. The van der Waals surface area contributed by atoms with Gasteiger partial charge in [0, 0.05) is 32.2 Å². The van der Waals surface area contributed by atoms with Gasteiger partial charge < -0.3 is 9.80 Å². The van der Waals surface area contributed by atoms with Crippen LogP contribution in [0, 0.1) is 12.7 Å². The SMILES string of the molecule is CCc1ncnc(N2CCN(c3cc(C(F)F)nc(C)n3)CC2)c1F. The van der Waals surface area contributed by atoms with E-state index in [4.69, 9.17) is 0 Å². The summed E-state index contributed by atoms with van der Waals surface area (Å²) in [7, 11) is 0. The summed E-state index contributed by atoms with van der Waals surface area (Å²) in [6.45, 7) is 5.53. The van der Waals surface area contributed by atoms with Crippen molar-refractivity contribution in [2.24, 2.45) is 0 Å². The Morgan fingerprint density at radius 1 is 1.08 bits per heavy atom. The van der Waals surface area contributed by atoms with Crippen LogP contribution in [0.25, 0.3) is 0 Å². The molecule has 0 unspecified atom stereocenters. The number of hydrogen-bond acceptors (Lipinski definition) is 6. The second kappa shape index (κ2) is 7.20. The monoisotopic (exact) mass is 352 g/mol. The Labute approximate surface area is 143 Å². The van der Waals surface area contributed by atoms with Gasteiger partial charge in [-0.15, -0.1) is 0 Å². The predicted octanol–water partition coefficient (Wildman–Crippen LogP) is 2.54. The number of rotatable bonds is 4. The van der Waals surface area contributed by atoms with E-state index in [2.05, 4.69) is 19.9 Å². The zero-order valence-electron chi connectivity index (χ0n) is 14.1. The van der Waals surface area contributed by atoms with Crippen LogP contribution >= 0.6 is 0 Å². The highest BCUT2D eigenvalue weighted by Gasteiger charge is 2.24. The van der Waals surface area contributed by atoms with Gasteiger partial charge in [-0.3, -0.25) is 0 Å². The number of nitrogens with zero attached hydrogens (tertiary/aromatic N) is 6. The quantitative estimate of drug-likeness (QED) is 0.843. The first-order valence-electron chi connectivity index (χ1n) is 8.12. The second-order valence-electron chi connectivity index (χ2n) is 5.78. The number of hydrogen-bond donors (Lipinski definition) is 0. The minimum atomic E-state index is -2.63. The van der Waals surface area contributed by atoms with Crippen molar-refractivity contribution >= 4 is 11.6 Å². The maximum atomic E-state index is 14.4. The van der Waals surface area contributed by atoms with E-state index in [9.17, 15) is 13.2 Å². The molecule has 6 nitrogen and oxygen atoms in total. The minimum Gasteiger partial charge on any atom is -0.353 e. The molecule has 1 fully saturated rings. The van der Waals surface area contributed by atoms with E-state index in [1.165, 1.54) is 12.4 Å². The Bertz CT molecular complexity index is 747. The first kappa shape index (κ1) is 17.4. The van der Waals surface area contributed by atoms with E-state index in [0.29, 0.717) is 55.8 Å². The third-order valence-corrected chi connectivity index (χ3v) is 4.15. The Morgan fingerprint density at radius 3 is 2.40 bits per heavy atom. The van der Waals surface area contributed by atoms with Crippen LogP contribution in [-0.2, 0) is 6.42 Å². The molecule has 0 spiro atoms. The lowest BCUT2D eigenvalue weighted by Crippen LogP contribution is -2.47. The summed E-state index contributed by atoms with van der Waals surface area (Å²) in [6.07, 6.45) is -0.770. The summed E-state index contributed by atoms with van der Waals surface area (Å²) in [6, 6.07) is 1.31. The third-order valence-electron chi connectivity index (χ3n) is 4.15. The smallest absolute Gasteiger partial charge is 0.280 e. The van der Waals surface area contributed by atoms with Crippen molar-refractivity contribution < 1.29 is 13.2 Å². The van der Waals surface area contributed by atoms with Crippen molar-refractivity contribution in [2.75, 3.05) is 36.0 Å². The topological polar surface area (TPSA) is 58.0 Å². The molecule has 25 heavy (non-hydrogen) atoms. The third kappa shape index (κ3) is 3.64. The van der Waals surface area contributed by atoms with Crippen LogP contribution in [0.3, 0.4) is 0 Å². The summed E-state index contributed by atoms with van der Waals surface area (Å²) < 4.78 is 40.2. The molecule has 0 radical (unpaired) electrons. The van der Waals surface area contributed by atoms with Crippen molar-refractivity contribution in [2.45, 2.75) is 26.7 Å². The number of anilines is 2. The molecule has 0 atom stereocenters. The van der Waals surface area contributed by atoms with Crippen molar-refractivity contribution in [1.29, 1.82) is 0 Å². The number of halogens is 3. The number of aromatic nitrogens is 4. The van der Waals surface area contributed by atoms with Crippen molar-refractivity contribution in [3.63, 3.8) is 0 Å². The van der Waals surface area contributed by atoms with E-state index in [1.807, 2.05) is 16.7 Å². The predicted molar refractivity (Wildman–Crippen MR) is 87.5 cm³/mol. The standard InChI is InChI=1S/C16H19F3N6/c1-3-11-14(17)16(21-9-20-11)25-6-4-24(5-7-25)13-8-12(15(18)19)22-10(2)23-13/h8-9,15H,3-7H2,1-2H3. The molecular weight excluding hydrogens is 333 g/mol. The summed E-state index contributed by atoms with van der Waals surface area (Å²) in [5.74, 6) is 0.680. The molecule has 0 N–H and O–H groups in total. The van der Waals surface area contributed by atoms with Gasteiger partial charge in [-0.05, 0) is 13.3 Å². The Morgan fingerprint density at radius 2 is 1.76 bits per heavy atom. The van der Waals surface area contributed by atoms with Crippen LogP contribution in [0.15, 0.2) is 12.4 Å². The maximum Gasteiger partial charge on any atom is 0.280 e. The van der Waals surface area contributed by atoms with Crippen LogP contribution in [0.4, 0.5) is 24.8 Å². The van der Waals surface area contributed by atoms with Gasteiger partial charge in [-0.2, -0.15) is 0 Å². The van der Waals surface area contributed by atoms with Gasteiger partial charge in [0.1, 0.15) is 23.7 Å². The molecule has 3 heterocycles. The fourth-order valence-electron chi connectivity index (χ4n) is 2.86. The molecule has 2 aromatic rings. The largest absolute Gasteiger partial charge is 0.353 e. The summed E-state index contributed by atoms with van der Waals surface area (Å²) in [4.78, 5) is 19.7. The molecule has 1 aliphatic heterocycles. The molecule has 0 amide bonds. The van der Waals surface area contributed by atoms with Gasteiger partial charge in [0.2, 0.25) is 0 Å². The highest BCUT2D eigenvalue weighted by molar-refractivity contribution is 5.46. The van der Waals surface area contributed by atoms with E-state index < -0.39 is 12.2 Å². The van der Waals surface area contributed by atoms with E-state index in [-0.39, 0.29) is 5.69 Å². The highest BCUT2D eigenvalue weighted by Crippen LogP contribution is 2.24. The van der Waals surface area contributed by atoms with Gasteiger partial charge in [0.15, 0.2) is 11.6 Å². The van der Waals surface area contributed by atoms with Crippen LogP contribution in [0.5, 0.6) is 0 Å². The van der Waals surface area contributed by atoms with E-state index in [1.54, 1.807) is 6.92 Å². The fourth-order valence-corrected chi connectivity index (χ4v) is 2.86.